The van der Waals surface area contributed by atoms with Crippen LogP contribution in [0.15, 0.2) is 60.7 Å². The van der Waals surface area contributed by atoms with Gasteiger partial charge >= 0.3 is 0 Å². The van der Waals surface area contributed by atoms with Crippen LogP contribution in [0.5, 0.6) is 5.75 Å². The summed E-state index contributed by atoms with van der Waals surface area (Å²) in [7, 11) is -1.33. The second-order valence-electron chi connectivity index (χ2n) is 8.96. The number of hydrogen-bond acceptors (Lipinski definition) is 3. The molecule has 0 bridgehead atoms. The van der Waals surface area contributed by atoms with E-state index in [9.17, 15) is 5.11 Å². The third-order valence-electron chi connectivity index (χ3n) is 5.57. The second-order valence-corrected chi connectivity index (χ2v) is 15.1. The van der Waals surface area contributed by atoms with Crippen LogP contribution >= 0.6 is 11.3 Å². The number of thiazole rings is 1. The van der Waals surface area contributed by atoms with Gasteiger partial charge in [-0.25, -0.2) is 4.98 Å². The first-order valence-corrected chi connectivity index (χ1v) is 15.0. The van der Waals surface area contributed by atoms with Crippen molar-refractivity contribution < 1.29 is 5.11 Å². The summed E-state index contributed by atoms with van der Waals surface area (Å²) in [6, 6.07) is 21.2. The van der Waals surface area contributed by atoms with Crippen molar-refractivity contribution in [2.45, 2.75) is 45.8 Å². The van der Waals surface area contributed by atoms with Crippen LogP contribution in [0.3, 0.4) is 0 Å². The molecule has 0 radical (unpaired) electrons. The van der Waals surface area contributed by atoms with Gasteiger partial charge in [0.1, 0.15) is 10.8 Å². The summed E-state index contributed by atoms with van der Waals surface area (Å²) in [6.07, 6.45) is 3.45. The summed E-state index contributed by atoms with van der Waals surface area (Å²) >= 11 is 1.66. The fourth-order valence-corrected chi connectivity index (χ4v) is 6.01. The van der Waals surface area contributed by atoms with Crippen LogP contribution in [0.1, 0.15) is 25.3 Å². The van der Waals surface area contributed by atoms with Crippen molar-refractivity contribution in [1.29, 1.82) is 0 Å². The highest BCUT2D eigenvalue weighted by Gasteiger charge is 2.18. The molecular weight excluding hydrogens is 402 g/mol. The summed E-state index contributed by atoms with van der Waals surface area (Å²) in [5.41, 5.74) is 5.60. The van der Waals surface area contributed by atoms with Gasteiger partial charge in [-0.2, -0.15) is 0 Å². The number of unbranched alkanes of at least 4 members (excludes halogenated alkanes) is 1. The van der Waals surface area contributed by atoms with E-state index in [0.29, 0.717) is 0 Å². The first kappa shape index (κ1) is 20.8. The molecule has 4 rings (SSSR count). The molecule has 30 heavy (non-hydrogen) atoms. The molecule has 2 nitrogen and oxygen atoms in total. The smallest absolute Gasteiger partial charge is 0.128 e. The standard InChI is InChI=1S/C26H29NOSSi/c1-5-6-9-18-16-22(19-12-14-20(15-13-19)30(2,3)4)25-24(17-18)29-26(27-25)21-10-7-8-11-23(21)28/h7-8,10-17,28H,5-6,9H2,1-4H3. The Morgan fingerprint density at radius 3 is 2.33 bits per heavy atom. The molecule has 1 N–H and O–H groups in total. The van der Waals surface area contributed by atoms with Crippen LogP contribution in [-0.4, -0.2) is 18.2 Å². The van der Waals surface area contributed by atoms with Crippen molar-refractivity contribution in [3.8, 4) is 27.4 Å². The molecule has 3 aromatic carbocycles. The summed E-state index contributed by atoms with van der Waals surface area (Å²) < 4.78 is 1.19. The first-order chi connectivity index (χ1) is 14.4. The fraction of sp³-hybridized carbons (Fsp3) is 0.269. The van der Waals surface area contributed by atoms with Crippen LogP contribution in [-0.2, 0) is 6.42 Å². The molecule has 1 heterocycles. The van der Waals surface area contributed by atoms with Crippen LogP contribution in [0.2, 0.25) is 19.6 Å². The Kier molecular flexibility index (Phi) is 5.81. The molecule has 0 amide bonds. The number of phenols is 1. The van der Waals surface area contributed by atoms with Gasteiger partial charge < -0.3 is 5.11 Å². The molecule has 0 atom stereocenters. The molecular formula is C26H29NOSSi. The van der Waals surface area contributed by atoms with Crippen molar-refractivity contribution >= 4 is 34.8 Å². The maximum Gasteiger partial charge on any atom is 0.128 e. The minimum atomic E-state index is -1.33. The van der Waals surface area contributed by atoms with Crippen molar-refractivity contribution in [3.63, 3.8) is 0 Å². The molecule has 0 aliphatic carbocycles. The maximum absolute atomic E-state index is 10.3. The summed E-state index contributed by atoms with van der Waals surface area (Å²) in [5, 5.41) is 12.7. The van der Waals surface area contributed by atoms with Gasteiger partial charge in [-0.05, 0) is 48.2 Å². The summed E-state index contributed by atoms with van der Waals surface area (Å²) in [5.74, 6) is 0.281. The van der Waals surface area contributed by atoms with E-state index in [1.807, 2.05) is 18.2 Å². The number of benzene rings is 3. The molecule has 0 saturated carbocycles. The number of aryl methyl sites for hydroxylation is 1. The number of aromatic hydroxyl groups is 1. The lowest BCUT2D eigenvalue weighted by molar-refractivity contribution is 0.477. The van der Waals surface area contributed by atoms with Crippen molar-refractivity contribution in [1.82, 2.24) is 4.98 Å². The van der Waals surface area contributed by atoms with E-state index in [1.165, 1.54) is 39.4 Å². The van der Waals surface area contributed by atoms with Gasteiger partial charge in [0, 0.05) is 5.56 Å². The van der Waals surface area contributed by atoms with E-state index in [4.69, 9.17) is 4.98 Å². The van der Waals surface area contributed by atoms with Gasteiger partial charge in [-0.3, -0.25) is 0 Å². The molecule has 1 aromatic heterocycles. The summed E-state index contributed by atoms with van der Waals surface area (Å²) in [4.78, 5) is 4.98. The van der Waals surface area contributed by atoms with Crippen LogP contribution in [0.25, 0.3) is 31.9 Å². The Morgan fingerprint density at radius 1 is 0.933 bits per heavy atom. The van der Waals surface area contributed by atoms with Crippen LogP contribution in [0.4, 0.5) is 0 Å². The molecule has 0 spiro atoms. The number of nitrogens with zero attached hydrogens (tertiary/aromatic N) is 1. The van der Waals surface area contributed by atoms with E-state index < -0.39 is 8.07 Å². The molecule has 0 saturated heterocycles. The SMILES string of the molecule is CCCCc1cc(-c2ccc([Si](C)(C)C)cc2)c2nc(-c3ccccc3O)sc2c1. The number of hydrogen-bond donors (Lipinski definition) is 1. The lowest BCUT2D eigenvalue weighted by Gasteiger charge is -2.17. The first-order valence-electron chi connectivity index (χ1n) is 10.7. The zero-order chi connectivity index (χ0) is 21.3. The van der Waals surface area contributed by atoms with Crippen LogP contribution in [0, 0.1) is 0 Å². The number of fused-ring (bicyclic) bond motifs is 1. The Morgan fingerprint density at radius 2 is 1.67 bits per heavy atom. The molecule has 4 heteroatoms. The Bertz CT molecular complexity index is 1170. The quantitative estimate of drug-likeness (QED) is 0.327. The maximum atomic E-state index is 10.3. The number of phenolic OH excluding ortho intramolecular Hbond substituents is 1. The number of para-hydroxylation sites is 1. The lowest BCUT2D eigenvalue weighted by Crippen LogP contribution is -2.37. The van der Waals surface area contributed by atoms with E-state index in [-0.39, 0.29) is 5.75 Å². The average Bonchev–Trinajstić information content (AvgIpc) is 3.15. The third-order valence-corrected chi connectivity index (χ3v) is 8.67. The monoisotopic (exact) mass is 431 g/mol. The molecule has 0 aliphatic heterocycles. The van der Waals surface area contributed by atoms with E-state index in [2.05, 4.69) is 63.0 Å². The molecule has 4 aromatic rings. The molecule has 0 aliphatic rings. The lowest BCUT2D eigenvalue weighted by atomic mass is 9.99. The highest BCUT2D eigenvalue weighted by molar-refractivity contribution is 7.21. The Balaban J connectivity index is 1.87. The van der Waals surface area contributed by atoms with E-state index >= 15 is 0 Å². The van der Waals surface area contributed by atoms with Gasteiger partial charge in [-0.1, -0.05) is 74.6 Å². The van der Waals surface area contributed by atoms with E-state index in [0.717, 1.165) is 22.5 Å². The van der Waals surface area contributed by atoms with Gasteiger partial charge in [-0.15, -0.1) is 11.3 Å². The highest BCUT2D eigenvalue weighted by Crippen LogP contribution is 2.39. The minimum Gasteiger partial charge on any atom is -0.507 e. The van der Waals surface area contributed by atoms with Crippen molar-refractivity contribution in [2.24, 2.45) is 0 Å². The predicted octanol–water partition coefficient (Wildman–Crippen LogP) is 7.22. The highest BCUT2D eigenvalue weighted by atomic mass is 32.1. The normalized spacial score (nSPS) is 11.9. The topological polar surface area (TPSA) is 33.1 Å². The zero-order valence-corrected chi connectivity index (χ0v) is 20.0. The number of aromatic nitrogens is 1. The summed E-state index contributed by atoms with van der Waals surface area (Å²) in [6.45, 7) is 9.37. The van der Waals surface area contributed by atoms with Gasteiger partial charge in [0.25, 0.3) is 0 Å². The fourth-order valence-electron chi connectivity index (χ4n) is 3.75. The van der Waals surface area contributed by atoms with Gasteiger partial charge in [0.05, 0.1) is 23.9 Å². The predicted molar refractivity (Wildman–Crippen MR) is 134 cm³/mol. The Labute approximate surface area is 184 Å². The van der Waals surface area contributed by atoms with E-state index in [1.54, 1.807) is 17.4 Å². The minimum absolute atomic E-state index is 0.281. The number of rotatable bonds is 6. The van der Waals surface area contributed by atoms with Gasteiger partial charge in [0.15, 0.2) is 0 Å². The molecule has 0 fully saturated rings. The molecule has 0 unspecified atom stereocenters. The Hall–Kier alpha value is -2.43. The molecule has 154 valence electrons. The average molecular weight is 432 g/mol. The second kappa shape index (κ2) is 8.36. The largest absolute Gasteiger partial charge is 0.507 e. The zero-order valence-electron chi connectivity index (χ0n) is 18.2. The van der Waals surface area contributed by atoms with Gasteiger partial charge in [0.2, 0.25) is 0 Å². The van der Waals surface area contributed by atoms with Crippen molar-refractivity contribution in [3.05, 3.63) is 66.2 Å². The third kappa shape index (κ3) is 4.21. The van der Waals surface area contributed by atoms with Crippen LogP contribution < -0.4 is 5.19 Å². The van der Waals surface area contributed by atoms with Crippen molar-refractivity contribution in [2.75, 3.05) is 0 Å².